The Kier molecular flexibility index (Phi) is 3.36. The highest BCUT2D eigenvalue weighted by molar-refractivity contribution is 5.95. The minimum absolute atomic E-state index is 0.0493. The van der Waals surface area contributed by atoms with E-state index >= 15 is 0 Å². The van der Waals surface area contributed by atoms with Crippen LogP contribution in [0.1, 0.15) is 10.4 Å². The van der Waals surface area contributed by atoms with Crippen molar-refractivity contribution in [1.82, 2.24) is 14.9 Å². The molecule has 1 aromatic carbocycles. The molecule has 0 spiro atoms. The average molecular weight is 277 g/mol. The van der Waals surface area contributed by atoms with E-state index in [4.69, 9.17) is 0 Å². The number of aromatic nitrogens is 2. The summed E-state index contributed by atoms with van der Waals surface area (Å²) in [6.07, 6.45) is 6.97. The van der Waals surface area contributed by atoms with Crippen molar-refractivity contribution in [1.29, 1.82) is 0 Å². The lowest BCUT2D eigenvalue weighted by Crippen LogP contribution is -2.21. The molecule has 0 atom stereocenters. The first-order valence-corrected chi connectivity index (χ1v) is 6.66. The zero-order chi connectivity index (χ0) is 14.8. The normalized spacial score (nSPS) is 10.6. The Morgan fingerprint density at radius 2 is 1.76 bits per heavy atom. The molecule has 3 rings (SSSR count). The van der Waals surface area contributed by atoms with Crippen LogP contribution in [0.4, 0.5) is 0 Å². The van der Waals surface area contributed by atoms with Gasteiger partial charge in [0.25, 0.3) is 5.91 Å². The van der Waals surface area contributed by atoms with Gasteiger partial charge >= 0.3 is 0 Å². The standard InChI is InChI=1S/C17H15N3O/c1-20(2)17(21)16-8-15(10-19-11-16)13-4-3-12-5-6-18-9-14(12)7-13/h3-11H,1-2H3. The Morgan fingerprint density at radius 1 is 0.905 bits per heavy atom. The van der Waals surface area contributed by atoms with Crippen LogP contribution in [0, 0.1) is 0 Å². The van der Waals surface area contributed by atoms with E-state index in [0.29, 0.717) is 5.56 Å². The van der Waals surface area contributed by atoms with Crippen molar-refractivity contribution in [3.8, 4) is 11.1 Å². The number of amides is 1. The van der Waals surface area contributed by atoms with Gasteiger partial charge in [0, 0.05) is 49.8 Å². The SMILES string of the molecule is CN(C)C(=O)c1cncc(-c2ccc3ccncc3c2)c1. The molecule has 0 N–H and O–H groups in total. The van der Waals surface area contributed by atoms with Crippen LogP contribution in [0.5, 0.6) is 0 Å². The average Bonchev–Trinajstić information content (AvgIpc) is 2.53. The van der Waals surface area contributed by atoms with Gasteiger partial charge < -0.3 is 4.90 Å². The van der Waals surface area contributed by atoms with E-state index in [1.807, 2.05) is 30.5 Å². The highest BCUT2D eigenvalue weighted by Gasteiger charge is 2.10. The summed E-state index contributed by atoms with van der Waals surface area (Å²) in [5.74, 6) is -0.0493. The molecule has 21 heavy (non-hydrogen) atoms. The smallest absolute Gasteiger partial charge is 0.254 e. The second-order valence-electron chi connectivity index (χ2n) is 5.10. The Labute approximate surface area is 123 Å². The summed E-state index contributed by atoms with van der Waals surface area (Å²) in [7, 11) is 3.47. The van der Waals surface area contributed by atoms with Gasteiger partial charge in [-0.25, -0.2) is 0 Å². The van der Waals surface area contributed by atoms with Crippen LogP contribution in [-0.2, 0) is 0 Å². The van der Waals surface area contributed by atoms with Crippen LogP contribution in [0.2, 0.25) is 0 Å². The number of pyridine rings is 2. The lowest BCUT2D eigenvalue weighted by atomic mass is 10.0. The highest BCUT2D eigenvalue weighted by atomic mass is 16.2. The fraction of sp³-hybridized carbons (Fsp3) is 0.118. The van der Waals surface area contributed by atoms with Gasteiger partial charge in [0.15, 0.2) is 0 Å². The van der Waals surface area contributed by atoms with E-state index in [1.54, 1.807) is 37.6 Å². The molecule has 2 aromatic heterocycles. The molecule has 1 amide bonds. The molecule has 104 valence electrons. The van der Waals surface area contributed by atoms with E-state index < -0.39 is 0 Å². The highest BCUT2D eigenvalue weighted by Crippen LogP contribution is 2.24. The zero-order valence-electron chi connectivity index (χ0n) is 11.9. The molecule has 0 aliphatic carbocycles. The summed E-state index contributed by atoms with van der Waals surface area (Å²) < 4.78 is 0. The van der Waals surface area contributed by atoms with Crippen molar-refractivity contribution in [3.63, 3.8) is 0 Å². The predicted molar refractivity (Wildman–Crippen MR) is 83.0 cm³/mol. The van der Waals surface area contributed by atoms with Crippen LogP contribution in [0.25, 0.3) is 21.9 Å². The first-order chi connectivity index (χ1) is 10.1. The number of carbonyl (C=O) groups is 1. The van der Waals surface area contributed by atoms with Crippen LogP contribution in [0.3, 0.4) is 0 Å². The van der Waals surface area contributed by atoms with Crippen molar-refractivity contribution >= 4 is 16.7 Å². The number of hydrogen-bond acceptors (Lipinski definition) is 3. The monoisotopic (exact) mass is 277 g/mol. The van der Waals surface area contributed by atoms with Crippen molar-refractivity contribution in [2.24, 2.45) is 0 Å². The van der Waals surface area contributed by atoms with Crippen molar-refractivity contribution in [2.45, 2.75) is 0 Å². The number of carbonyl (C=O) groups excluding carboxylic acids is 1. The Hall–Kier alpha value is -2.75. The summed E-state index contributed by atoms with van der Waals surface area (Å²) in [6.45, 7) is 0. The quantitative estimate of drug-likeness (QED) is 0.723. The van der Waals surface area contributed by atoms with Crippen LogP contribution >= 0.6 is 0 Å². The zero-order valence-corrected chi connectivity index (χ0v) is 11.9. The van der Waals surface area contributed by atoms with E-state index in [9.17, 15) is 4.79 Å². The molecule has 2 heterocycles. The van der Waals surface area contributed by atoms with Gasteiger partial charge in [0.05, 0.1) is 5.56 Å². The van der Waals surface area contributed by atoms with Crippen molar-refractivity contribution in [2.75, 3.05) is 14.1 Å². The first-order valence-electron chi connectivity index (χ1n) is 6.66. The van der Waals surface area contributed by atoms with Gasteiger partial charge in [-0.1, -0.05) is 12.1 Å². The Morgan fingerprint density at radius 3 is 2.57 bits per heavy atom. The van der Waals surface area contributed by atoms with Gasteiger partial charge in [-0.2, -0.15) is 0 Å². The number of benzene rings is 1. The van der Waals surface area contributed by atoms with E-state index in [1.165, 1.54) is 0 Å². The molecular weight excluding hydrogens is 262 g/mol. The maximum atomic E-state index is 12.0. The molecule has 4 nitrogen and oxygen atoms in total. The predicted octanol–water partition coefficient (Wildman–Crippen LogP) is 3.00. The second-order valence-corrected chi connectivity index (χ2v) is 5.10. The molecule has 0 fully saturated rings. The van der Waals surface area contributed by atoms with Crippen LogP contribution in [0.15, 0.2) is 55.1 Å². The molecule has 0 saturated heterocycles. The number of nitrogens with zero attached hydrogens (tertiary/aromatic N) is 3. The molecule has 0 radical (unpaired) electrons. The van der Waals surface area contributed by atoms with Gasteiger partial charge in [-0.05, 0) is 29.1 Å². The largest absolute Gasteiger partial charge is 0.345 e. The van der Waals surface area contributed by atoms with E-state index in [0.717, 1.165) is 21.9 Å². The van der Waals surface area contributed by atoms with Crippen LogP contribution < -0.4 is 0 Å². The summed E-state index contributed by atoms with van der Waals surface area (Å²) in [4.78, 5) is 21.9. The summed E-state index contributed by atoms with van der Waals surface area (Å²) in [5, 5.41) is 2.21. The Bertz CT molecular complexity index is 812. The minimum atomic E-state index is -0.0493. The second kappa shape index (κ2) is 5.32. The molecule has 3 aromatic rings. The van der Waals surface area contributed by atoms with Gasteiger partial charge in [-0.15, -0.1) is 0 Å². The fourth-order valence-electron chi connectivity index (χ4n) is 2.24. The topological polar surface area (TPSA) is 46.1 Å². The molecule has 0 saturated carbocycles. The fourth-order valence-corrected chi connectivity index (χ4v) is 2.24. The third-order valence-electron chi connectivity index (χ3n) is 3.37. The first kappa shape index (κ1) is 13.2. The van der Waals surface area contributed by atoms with E-state index in [2.05, 4.69) is 16.0 Å². The third kappa shape index (κ3) is 2.60. The van der Waals surface area contributed by atoms with Crippen molar-refractivity contribution < 1.29 is 4.79 Å². The third-order valence-corrected chi connectivity index (χ3v) is 3.37. The summed E-state index contributed by atoms with van der Waals surface area (Å²) in [5.41, 5.74) is 2.54. The lowest BCUT2D eigenvalue weighted by Gasteiger charge is -2.11. The molecule has 0 aliphatic heterocycles. The van der Waals surface area contributed by atoms with Crippen molar-refractivity contribution in [3.05, 3.63) is 60.7 Å². The molecular formula is C17H15N3O. The molecule has 0 unspecified atom stereocenters. The summed E-state index contributed by atoms with van der Waals surface area (Å²) in [6, 6.07) is 9.98. The Balaban J connectivity index is 2.06. The lowest BCUT2D eigenvalue weighted by molar-refractivity contribution is 0.0827. The molecule has 4 heteroatoms. The van der Waals surface area contributed by atoms with Crippen LogP contribution in [-0.4, -0.2) is 34.9 Å². The molecule has 0 aliphatic rings. The number of hydrogen-bond donors (Lipinski definition) is 0. The number of rotatable bonds is 2. The van der Waals surface area contributed by atoms with Gasteiger partial charge in [-0.3, -0.25) is 14.8 Å². The summed E-state index contributed by atoms with van der Waals surface area (Å²) >= 11 is 0. The maximum absolute atomic E-state index is 12.0. The molecule has 0 bridgehead atoms. The van der Waals surface area contributed by atoms with E-state index in [-0.39, 0.29) is 5.91 Å². The number of fused-ring (bicyclic) bond motifs is 1. The minimum Gasteiger partial charge on any atom is -0.345 e. The maximum Gasteiger partial charge on any atom is 0.254 e. The van der Waals surface area contributed by atoms with Gasteiger partial charge in [0.1, 0.15) is 0 Å². The van der Waals surface area contributed by atoms with Gasteiger partial charge in [0.2, 0.25) is 0 Å².